The molecule has 8 heteroatoms. The third-order valence-electron chi connectivity index (χ3n) is 5.23. The fraction of sp³-hybridized carbons (Fsp3) is 0.350. The van der Waals surface area contributed by atoms with E-state index in [-0.39, 0.29) is 16.8 Å². The Kier molecular flexibility index (Phi) is 4.93. The molecule has 1 fully saturated rings. The van der Waals surface area contributed by atoms with Crippen molar-refractivity contribution in [2.75, 3.05) is 23.3 Å². The number of carbonyl (C=O) groups is 1. The Labute approximate surface area is 166 Å². The van der Waals surface area contributed by atoms with Gasteiger partial charge in [0.25, 0.3) is 0 Å². The summed E-state index contributed by atoms with van der Waals surface area (Å²) in [6.45, 7) is 5.22. The molecule has 0 spiro atoms. The number of aryl methyl sites for hydroxylation is 2. The van der Waals surface area contributed by atoms with Gasteiger partial charge in [-0.1, -0.05) is 11.6 Å². The second-order valence-electron chi connectivity index (χ2n) is 7.06. The van der Waals surface area contributed by atoms with Crippen molar-refractivity contribution < 1.29 is 13.6 Å². The maximum atomic E-state index is 13.2. The Morgan fingerprint density at radius 3 is 2.96 bits per heavy atom. The first kappa shape index (κ1) is 18.7. The lowest BCUT2D eigenvalue weighted by atomic mass is 9.96. The number of carbonyl (C=O) groups excluding carboxylic acids is 1. The van der Waals surface area contributed by atoms with E-state index in [0.29, 0.717) is 17.9 Å². The molecule has 1 N–H and O–H groups in total. The number of piperidine rings is 1. The molecule has 28 heavy (non-hydrogen) atoms. The molecule has 1 aliphatic rings. The van der Waals surface area contributed by atoms with Gasteiger partial charge in [-0.2, -0.15) is 0 Å². The van der Waals surface area contributed by atoms with Gasteiger partial charge in [0.15, 0.2) is 0 Å². The fourth-order valence-corrected chi connectivity index (χ4v) is 3.83. The molecule has 1 amide bonds. The van der Waals surface area contributed by atoms with Crippen molar-refractivity contribution >= 4 is 40.1 Å². The molecule has 1 aliphatic heterocycles. The second-order valence-corrected chi connectivity index (χ2v) is 7.47. The predicted octanol–water partition coefficient (Wildman–Crippen LogP) is 4.49. The third kappa shape index (κ3) is 3.42. The molecule has 146 valence electrons. The minimum Gasteiger partial charge on any atom is -0.443 e. The molecule has 1 atom stereocenters. The average Bonchev–Trinajstić information content (AvgIpc) is 2.98. The first-order valence-corrected chi connectivity index (χ1v) is 9.53. The van der Waals surface area contributed by atoms with Crippen LogP contribution in [0, 0.1) is 25.6 Å². The molecule has 4 rings (SSSR count). The van der Waals surface area contributed by atoms with Gasteiger partial charge in [0.1, 0.15) is 23.7 Å². The summed E-state index contributed by atoms with van der Waals surface area (Å²) in [6, 6.07) is 3.93. The first-order chi connectivity index (χ1) is 13.4. The number of benzene rings is 1. The Balaban J connectivity index is 1.56. The molecule has 0 radical (unpaired) electrons. The minimum absolute atomic E-state index is 0.136. The molecule has 0 bridgehead atoms. The van der Waals surface area contributed by atoms with Crippen molar-refractivity contribution in [3.63, 3.8) is 0 Å². The van der Waals surface area contributed by atoms with Crippen molar-refractivity contribution in [1.29, 1.82) is 0 Å². The number of furan rings is 1. The van der Waals surface area contributed by atoms with Crippen molar-refractivity contribution in [3.05, 3.63) is 46.7 Å². The van der Waals surface area contributed by atoms with E-state index in [0.717, 1.165) is 41.9 Å². The monoisotopic (exact) mass is 402 g/mol. The lowest BCUT2D eigenvalue weighted by Crippen LogP contribution is -2.41. The van der Waals surface area contributed by atoms with E-state index in [4.69, 9.17) is 16.0 Å². The summed E-state index contributed by atoms with van der Waals surface area (Å²) in [6.07, 6.45) is 3.11. The summed E-state index contributed by atoms with van der Waals surface area (Å²) in [7, 11) is 0. The topological polar surface area (TPSA) is 71.3 Å². The average molecular weight is 403 g/mol. The number of hydrogen-bond acceptors (Lipinski definition) is 5. The van der Waals surface area contributed by atoms with Crippen LogP contribution in [-0.4, -0.2) is 29.0 Å². The van der Waals surface area contributed by atoms with Gasteiger partial charge >= 0.3 is 0 Å². The molecule has 0 aliphatic carbocycles. The van der Waals surface area contributed by atoms with Gasteiger partial charge in [0.2, 0.25) is 11.6 Å². The second kappa shape index (κ2) is 7.39. The number of amides is 1. The Morgan fingerprint density at radius 1 is 1.36 bits per heavy atom. The maximum Gasteiger partial charge on any atom is 0.231 e. The lowest BCUT2D eigenvalue weighted by molar-refractivity contribution is -0.120. The van der Waals surface area contributed by atoms with E-state index >= 15 is 0 Å². The smallest absolute Gasteiger partial charge is 0.231 e. The molecule has 2 aromatic heterocycles. The first-order valence-electron chi connectivity index (χ1n) is 9.15. The van der Waals surface area contributed by atoms with E-state index < -0.39 is 5.82 Å². The molecule has 1 saturated heterocycles. The number of nitrogens with zero attached hydrogens (tertiary/aromatic N) is 3. The zero-order valence-electron chi connectivity index (χ0n) is 15.6. The SMILES string of the molecule is Cc1oc2ncnc(N3CCC[C@@H](C(=O)Nc4ccc(F)cc4Cl)C3)c2c1C. The molecule has 3 aromatic rings. The van der Waals surface area contributed by atoms with Crippen molar-refractivity contribution in [1.82, 2.24) is 9.97 Å². The van der Waals surface area contributed by atoms with Crippen molar-refractivity contribution in [3.8, 4) is 0 Å². The highest BCUT2D eigenvalue weighted by Crippen LogP contribution is 2.33. The maximum absolute atomic E-state index is 13.2. The summed E-state index contributed by atoms with van der Waals surface area (Å²) < 4.78 is 18.9. The Bertz CT molecular complexity index is 1050. The zero-order chi connectivity index (χ0) is 19.8. The molecular formula is C20H20ClFN4O2. The number of rotatable bonds is 3. The number of nitrogens with one attached hydrogen (secondary N) is 1. The van der Waals surface area contributed by atoms with Crippen LogP contribution in [0.25, 0.3) is 11.1 Å². The van der Waals surface area contributed by atoms with Crippen LogP contribution in [0.1, 0.15) is 24.2 Å². The molecule has 0 saturated carbocycles. The fourth-order valence-electron chi connectivity index (χ4n) is 3.61. The van der Waals surface area contributed by atoms with E-state index in [1.54, 1.807) is 0 Å². The van der Waals surface area contributed by atoms with E-state index in [2.05, 4.69) is 20.2 Å². The van der Waals surface area contributed by atoms with Crippen molar-refractivity contribution in [2.24, 2.45) is 5.92 Å². The van der Waals surface area contributed by atoms with Crippen LogP contribution in [-0.2, 0) is 4.79 Å². The van der Waals surface area contributed by atoms with Gasteiger partial charge in [-0.15, -0.1) is 0 Å². The largest absolute Gasteiger partial charge is 0.443 e. The number of aromatic nitrogens is 2. The van der Waals surface area contributed by atoms with E-state index in [1.807, 2.05) is 13.8 Å². The van der Waals surface area contributed by atoms with Gasteiger partial charge < -0.3 is 14.6 Å². The highest BCUT2D eigenvalue weighted by atomic mass is 35.5. The van der Waals surface area contributed by atoms with Crippen LogP contribution < -0.4 is 10.2 Å². The Morgan fingerprint density at radius 2 is 2.18 bits per heavy atom. The van der Waals surface area contributed by atoms with E-state index in [9.17, 15) is 9.18 Å². The van der Waals surface area contributed by atoms with Gasteiger partial charge in [0.05, 0.1) is 22.0 Å². The summed E-state index contributed by atoms with van der Waals surface area (Å²) in [4.78, 5) is 23.6. The van der Waals surface area contributed by atoms with Gasteiger partial charge in [0, 0.05) is 18.7 Å². The van der Waals surface area contributed by atoms with Crippen LogP contribution in [0.5, 0.6) is 0 Å². The van der Waals surface area contributed by atoms with Crippen LogP contribution >= 0.6 is 11.6 Å². The van der Waals surface area contributed by atoms with Crippen LogP contribution in [0.3, 0.4) is 0 Å². The number of anilines is 2. The normalized spacial score (nSPS) is 17.1. The number of halogens is 2. The molecule has 1 aromatic carbocycles. The van der Waals surface area contributed by atoms with Gasteiger partial charge in [-0.3, -0.25) is 4.79 Å². The standard InChI is InChI=1S/C20H20ClFN4O2/c1-11-12(2)28-20-17(11)18(23-10-24-20)26-7-3-4-13(9-26)19(27)25-16-6-5-14(22)8-15(16)21/h5-6,8,10,13H,3-4,7,9H2,1-2H3,(H,25,27)/t13-/m1/s1. The summed E-state index contributed by atoms with van der Waals surface area (Å²) in [5, 5.41) is 3.89. The van der Waals surface area contributed by atoms with Crippen LogP contribution in [0.2, 0.25) is 5.02 Å². The van der Waals surface area contributed by atoms with Crippen molar-refractivity contribution in [2.45, 2.75) is 26.7 Å². The van der Waals surface area contributed by atoms with E-state index in [1.165, 1.54) is 24.5 Å². The highest BCUT2D eigenvalue weighted by molar-refractivity contribution is 6.33. The van der Waals surface area contributed by atoms with Gasteiger partial charge in [-0.05, 0) is 44.9 Å². The molecule has 3 heterocycles. The lowest BCUT2D eigenvalue weighted by Gasteiger charge is -2.33. The van der Waals surface area contributed by atoms with Crippen LogP contribution in [0.4, 0.5) is 15.9 Å². The predicted molar refractivity (Wildman–Crippen MR) is 106 cm³/mol. The highest BCUT2D eigenvalue weighted by Gasteiger charge is 2.29. The van der Waals surface area contributed by atoms with Crippen LogP contribution in [0.15, 0.2) is 28.9 Å². The Hall–Kier alpha value is -2.67. The molecule has 6 nitrogen and oxygen atoms in total. The number of hydrogen-bond donors (Lipinski definition) is 1. The van der Waals surface area contributed by atoms with Gasteiger partial charge in [-0.25, -0.2) is 14.4 Å². The summed E-state index contributed by atoms with van der Waals surface area (Å²) in [5.74, 6) is 0.799. The minimum atomic E-state index is -0.439. The quantitative estimate of drug-likeness (QED) is 0.699. The summed E-state index contributed by atoms with van der Waals surface area (Å²) in [5.41, 5.74) is 1.98. The zero-order valence-corrected chi connectivity index (χ0v) is 16.4. The number of fused-ring (bicyclic) bond motifs is 1. The summed E-state index contributed by atoms with van der Waals surface area (Å²) >= 11 is 6.03. The third-order valence-corrected chi connectivity index (χ3v) is 5.54. The molecule has 0 unspecified atom stereocenters. The molecular weight excluding hydrogens is 383 g/mol.